The summed E-state index contributed by atoms with van der Waals surface area (Å²) < 4.78 is 5.94. The number of rotatable bonds is 4. The van der Waals surface area contributed by atoms with Gasteiger partial charge in [-0.15, -0.1) is 0 Å². The van der Waals surface area contributed by atoms with Crippen LogP contribution >= 0.6 is 0 Å². The lowest BCUT2D eigenvalue weighted by Gasteiger charge is -2.70. The Morgan fingerprint density at radius 3 is 2.27 bits per heavy atom. The number of hydrogen-bond acceptors (Lipinski definition) is 5. The third-order valence-electron chi connectivity index (χ3n) is 14.6. The molecule has 5 aliphatic rings. The minimum Gasteiger partial charge on any atom is -0.461 e. The minimum absolute atomic E-state index is 0.0602. The monoisotopic (exact) mass is 602 g/mol. The highest BCUT2D eigenvalue weighted by molar-refractivity contribution is 5.96. The van der Waals surface area contributed by atoms with E-state index in [-0.39, 0.29) is 45.7 Å². The number of hydrogen-bond donors (Lipinski definition) is 2. The van der Waals surface area contributed by atoms with Crippen LogP contribution in [0.3, 0.4) is 0 Å². The van der Waals surface area contributed by atoms with E-state index in [1.54, 1.807) is 0 Å². The molecular formula is C38H54N2O4. The van der Waals surface area contributed by atoms with Crippen molar-refractivity contribution >= 4 is 23.3 Å². The molecular weight excluding hydrogens is 548 g/mol. The van der Waals surface area contributed by atoms with Crippen molar-refractivity contribution in [2.45, 2.75) is 113 Å². The maximum absolute atomic E-state index is 14.7. The quantitative estimate of drug-likeness (QED) is 0.270. The molecule has 44 heavy (non-hydrogen) atoms. The molecule has 1 amide bonds. The number of carbonyl (C=O) groups is 3. The number of carbonyl (C=O) groups excluding carboxylic acids is 3. The summed E-state index contributed by atoms with van der Waals surface area (Å²) in [4.78, 5) is 41.4. The third kappa shape index (κ3) is 4.28. The van der Waals surface area contributed by atoms with Crippen LogP contribution in [0, 0.1) is 56.7 Å². The van der Waals surface area contributed by atoms with Gasteiger partial charge in [-0.2, -0.15) is 0 Å². The Balaban J connectivity index is 1.40. The van der Waals surface area contributed by atoms with Gasteiger partial charge in [0, 0.05) is 12.8 Å². The zero-order valence-corrected chi connectivity index (χ0v) is 28.2. The van der Waals surface area contributed by atoms with Gasteiger partial charge < -0.3 is 4.74 Å². The van der Waals surface area contributed by atoms with E-state index < -0.39 is 16.9 Å². The lowest BCUT2D eigenvalue weighted by Crippen LogP contribution is -2.69. The molecule has 0 saturated heterocycles. The van der Waals surface area contributed by atoms with Crippen molar-refractivity contribution in [3.05, 3.63) is 42.0 Å². The molecule has 2 N–H and O–H groups in total. The van der Waals surface area contributed by atoms with Gasteiger partial charge in [0.1, 0.15) is 6.10 Å². The van der Waals surface area contributed by atoms with E-state index in [2.05, 4.69) is 58.5 Å². The van der Waals surface area contributed by atoms with Gasteiger partial charge in [-0.05, 0) is 122 Å². The number of ether oxygens (including phenoxy) is 1. The fourth-order valence-electron chi connectivity index (χ4n) is 11.8. The topological polar surface area (TPSA) is 84.5 Å². The van der Waals surface area contributed by atoms with Crippen molar-refractivity contribution < 1.29 is 19.1 Å². The molecule has 6 rings (SSSR count). The van der Waals surface area contributed by atoms with Crippen LogP contribution < -0.4 is 10.9 Å². The number of fused-ring (bicyclic) bond motifs is 7. The fraction of sp³-hybridized carbons (Fsp3) is 0.711. The molecule has 4 fully saturated rings. The maximum Gasteiger partial charge on any atom is 0.302 e. The molecule has 6 heteroatoms. The van der Waals surface area contributed by atoms with Gasteiger partial charge in [0.15, 0.2) is 5.78 Å². The van der Waals surface area contributed by atoms with Crippen LogP contribution in [0.15, 0.2) is 42.0 Å². The molecule has 5 aliphatic carbocycles. The van der Waals surface area contributed by atoms with Crippen molar-refractivity contribution in [3.63, 3.8) is 0 Å². The highest BCUT2D eigenvalue weighted by atomic mass is 16.5. The van der Waals surface area contributed by atoms with Gasteiger partial charge in [0.2, 0.25) is 5.91 Å². The second-order valence-electron chi connectivity index (χ2n) is 16.7. The summed E-state index contributed by atoms with van der Waals surface area (Å²) in [6.07, 6.45) is 9.41. The van der Waals surface area contributed by atoms with Crippen molar-refractivity contribution in [2.75, 3.05) is 5.43 Å². The normalized spacial score (nSPS) is 46.3. The van der Waals surface area contributed by atoms with E-state index in [4.69, 9.17) is 4.74 Å². The number of anilines is 1. The summed E-state index contributed by atoms with van der Waals surface area (Å²) >= 11 is 0. The molecule has 1 aromatic carbocycles. The molecule has 3 unspecified atom stereocenters. The number of para-hydroxylation sites is 1. The summed E-state index contributed by atoms with van der Waals surface area (Å²) in [5.41, 5.74) is 6.87. The Morgan fingerprint density at radius 1 is 0.886 bits per heavy atom. The Kier molecular flexibility index (Phi) is 7.45. The van der Waals surface area contributed by atoms with Gasteiger partial charge in [-0.3, -0.25) is 25.2 Å². The van der Waals surface area contributed by atoms with Gasteiger partial charge in [-0.1, -0.05) is 65.3 Å². The molecule has 11 atom stereocenters. The van der Waals surface area contributed by atoms with Gasteiger partial charge in [-0.25, -0.2) is 0 Å². The first-order valence-electron chi connectivity index (χ1n) is 17.2. The first-order valence-corrected chi connectivity index (χ1v) is 17.2. The van der Waals surface area contributed by atoms with E-state index in [0.29, 0.717) is 24.2 Å². The SMILES string of the molecule is CC(=O)O[C@@H]1CC[C@@]2(C)C(CC[C@]3(C)C2C(=O)C=C2C4[C@@H](C)[C@H](C)CC[C@]4(C)CC[C@]23C)[C@@]1(C)C(=O)NNc1ccccc1. The van der Waals surface area contributed by atoms with Crippen LogP contribution in [0.4, 0.5) is 5.69 Å². The number of ketones is 1. The molecule has 0 heterocycles. The Hall–Kier alpha value is -2.63. The van der Waals surface area contributed by atoms with Crippen LogP contribution in [0.2, 0.25) is 0 Å². The lowest BCUT2D eigenvalue weighted by atomic mass is 9.33. The van der Waals surface area contributed by atoms with E-state index in [1.807, 2.05) is 37.3 Å². The Labute approximate surface area is 264 Å². The minimum atomic E-state index is -0.995. The van der Waals surface area contributed by atoms with Crippen molar-refractivity contribution in [1.82, 2.24) is 5.43 Å². The van der Waals surface area contributed by atoms with E-state index in [9.17, 15) is 14.4 Å². The molecule has 0 aromatic heterocycles. The van der Waals surface area contributed by atoms with Gasteiger partial charge in [0.25, 0.3) is 0 Å². The number of esters is 1. The third-order valence-corrected chi connectivity index (χ3v) is 14.6. The predicted molar refractivity (Wildman–Crippen MR) is 173 cm³/mol. The zero-order valence-electron chi connectivity index (χ0n) is 28.2. The van der Waals surface area contributed by atoms with Crippen LogP contribution in [0.25, 0.3) is 0 Å². The van der Waals surface area contributed by atoms with Crippen LogP contribution in [0.1, 0.15) is 107 Å². The highest BCUT2D eigenvalue weighted by Crippen LogP contribution is 2.75. The van der Waals surface area contributed by atoms with Crippen LogP contribution in [-0.4, -0.2) is 23.8 Å². The molecule has 4 saturated carbocycles. The number of nitrogens with one attached hydrogen (secondary N) is 2. The van der Waals surface area contributed by atoms with Gasteiger partial charge in [0.05, 0.1) is 11.1 Å². The average Bonchev–Trinajstić information content (AvgIpc) is 2.97. The second kappa shape index (κ2) is 10.5. The summed E-state index contributed by atoms with van der Waals surface area (Å²) in [6, 6.07) is 9.56. The first kappa shape index (κ1) is 31.4. The number of hydrazine groups is 1. The van der Waals surface area contributed by atoms with Crippen molar-refractivity contribution in [3.8, 4) is 0 Å². The standard InChI is InChI=1S/C38H54N2O4/c1-23-14-17-34(4)20-21-36(6)27(31(34)24(23)2)22-28(42)32-35(5)18-16-30(44-25(3)41)38(8,29(35)15-19-37(32,36)7)33(43)40-39-26-12-10-9-11-13-26/h9-13,22-24,29-32,39H,14-21H2,1-8H3,(H,40,43)/t23-,24+,29?,30-,31?,32?,34-,35+,36-,37-,38-/m1/s1. The van der Waals surface area contributed by atoms with E-state index >= 15 is 0 Å². The summed E-state index contributed by atoms with van der Waals surface area (Å²) in [5, 5.41) is 0. The number of benzene rings is 1. The largest absolute Gasteiger partial charge is 0.461 e. The molecule has 0 radical (unpaired) electrons. The molecule has 0 aliphatic heterocycles. The highest BCUT2D eigenvalue weighted by Gasteiger charge is 2.72. The van der Waals surface area contributed by atoms with Crippen LogP contribution in [-0.2, 0) is 19.1 Å². The zero-order chi connectivity index (χ0) is 31.9. The molecule has 1 aromatic rings. The summed E-state index contributed by atoms with van der Waals surface area (Å²) in [7, 11) is 0. The Morgan fingerprint density at radius 2 is 1.59 bits per heavy atom. The lowest BCUT2D eigenvalue weighted by molar-refractivity contribution is -0.214. The van der Waals surface area contributed by atoms with Crippen molar-refractivity contribution in [2.24, 2.45) is 56.7 Å². The number of allylic oxidation sites excluding steroid dienone is 2. The molecule has 0 bridgehead atoms. The Bertz CT molecular complexity index is 1370. The van der Waals surface area contributed by atoms with E-state index in [0.717, 1.165) is 31.4 Å². The second-order valence-corrected chi connectivity index (χ2v) is 16.7. The smallest absolute Gasteiger partial charge is 0.302 e. The van der Waals surface area contributed by atoms with E-state index in [1.165, 1.54) is 31.8 Å². The fourth-order valence-corrected chi connectivity index (χ4v) is 11.8. The first-order chi connectivity index (χ1) is 20.6. The summed E-state index contributed by atoms with van der Waals surface area (Å²) in [5.74, 6) is 1.06. The summed E-state index contributed by atoms with van der Waals surface area (Å²) in [6.45, 7) is 17.9. The molecule has 6 nitrogen and oxygen atoms in total. The number of amides is 1. The average molecular weight is 603 g/mol. The van der Waals surface area contributed by atoms with Crippen molar-refractivity contribution in [1.29, 1.82) is 0 Å². The maximum atomic E-state index is 14.7. The van der Waals surface area contributed by atoms with Gasteiger partial charge >= 0.3 is 5.97 Å². The predicted octanol–water partition coefficient (Wildman–Crippen LogP) is 7.90. The molecule has 0 spiro atoms. The van der Waals surface area contributed by atoms with Crippen LogP contribution in [0.5, 0.6) is 0 Å². The molecule has 240 valence electrons.